The fourth-order valence-corrected chi connectivity index (χ4v) is 2.17. The summed E-state index contributed by atoms with van der Waals surface area (Å²) in [6.07, 6.45) is 0. The average Bonchev–Trinajstić information content (AvgIpc) is 2.37. The summed E-state index contributed by atoms with van der Waals surface area (Å²) in [5.41, 5.74) is 2.12. The number of hydrogen-bond acceptors (Lipinski definition) is 3. The van der Waals surface area contributed by atoms with Crippen molar-refractivity contribution in [3.63, 3.8) is 0 Å². The number of likely N-dealkylation sites (N-methyl/N-ethyl adjacent to an activating group) is 1. The van der Waals surface area contributed by atoms with Crippen molar-refractivity contribution in [2.24, 2.45) is 0 Å². The zero-order valence-corrected chi connectivity index (χ0v) is 14.9. The van der Waals surface area contributed by atoms with Crippen molar-refractivity contribution in [2.45, 2.75) is 32.4 Å². The molecule has 1 unspecified atom stereocenters. The molecule has 1 rings (SSSR count). The summed E-state index contributed by atoms with van der Waals surface area (Å²) in [6, 6.07) is 8.43. The highest BCUT2D eigenvalue weighted by Crippen LogP contribution is 2.20. The molecule has 0 aliphatic heterocycles. The van der Waals surface area contributed by atoms with Gasteiger partial charge in [0, 0.05) is 31.9 Å². The first-order chi connectivity index (χ1) is 10.1. The highest BCUT2D eigenvalue weighted by molar-refractivity contribution is 5.74. The Morgan fingerprint density at radius 2 is 1.64 bits per heavy atom. The van der Waals surface area contributed by atoms with Gasteiger partial charge in [0.1, 0.15) is 0 Å². The van der Waals surface area contributed by atoms with E-state index in [1.54, 1.807) is 0 Å². The van der Waals surface area contributed by atoms with Crippen LogP contribution in [0, 0.1) is 0 Å². The van der Waals surface area contributed by atoms with Gasteiger partial charge >= 0.3 is 6.03 Å². The van der Waals surface area contributed by atoms with Gasteiger partial charge in [0.15, 0.2) is 0 Å². The van der Waals surface area contributed by atoms with Crippen molar-refractivity contribution < 1.29 is 4.79 Å². The van der Waals surface area contributed by atoms with E-state index in [4.69, 9.17) is 0 Å². The van der Waals surface area contributed by atoms with Crippen molar-refractivity contribution in [1.82, 2.24) is 15.5 Å². The number of anilines is 1. The molecule has 0 aliphatic rings. The first-order valence-corrected chi connectivity index (χ1v) is 7.60. The maximum absolute atomic E-state index is 11.9. The Hall–Kier alpha value is -1.75. The Morgan fingerprint density at radius 3 is 2.05 bits per heavy atom. The lowest BCUT2D eigenvalue weighted by Gasteiger charge is -2.27. The zero-order chi connectivity index (χ0) is 16.9. The van der Waals surface area contributed by atoms with Gasteiger partial charge in [0.25, 0.3) is 0 Å². The molecule has 5 heteroatoms. The molecule has 0 spiro atoms. The van der Waals surface area contributed by atoms with Crippen LogP contribution in [-0.4, -0.2) is 51.2 Å². The zero-order valence-electron chi connectivity index (χ0n) is 14.9. The number of carbonyl (C=O) groups is 1. The minimum absolute atomic E-state index is 0.135. The van der Waals surface area contributed by atoms with Crippen LogP contribution < -0.4 is 15.5 Å². The van der Waals surface area contributed by atoms with Gasteiger partial charge in [-0.25, -0.2) is 4.79 Å². The van der Waals surface area contributed by atoms with Crippen LogP contribution in [0.5, 0.6) is 0 Å². The second-order valence-corrected chi connectivity index (χ2v) is 7.05. The summed E-state index contributed by atoms with van der Waals surface area (Å²) in [4.78, 5) is 16.1. The molecule has 0 heterocycles. The van der Waals surface area contributed by atoms with Crippen molar-refractivity contribution >= 4 is 11.7 Å². The van der Waals surface area contributed by atoms with Crippen LogP contribution in [-0.2, 0) is 0 Å². The van der Waals surface area contributed by atoms with E-state index in [0.29, 0.717) is 6.54 Å². The number of hydrogen-bond donors (Lipinski definition) is 2. The van der Waals surface area contributed by atoms with Crippen LogP contribution in [0.2, 0.25) is 0 Å². The minimum Gasteiger partial charge on any atom is -0.378 e. The molecule has 0 aromatic heterocycles. The Kier molecular flexibility index (Phi) is 6.23. The van der Waals surface area contributed by atoms with Crippen molar-refractivity contribution in [3.05, 3.63) is 29.8 Å². The number of amides is 2. The minimum atomic E-state index is -0.231. The van der Waals surface area contributed by atoms with Crippen LogP contribution >= 0.6 is 0 Å². The summed E-state index contributed by atoms with van der Waals surface area (Å²) < 4.78 is 0. The molecule has 22 heavy (non-hydrogen) atoms. The molecule has 0 bridgehead atoms. The Morgan fingerprint density at radius 1 is 1.09 bits per heavy atom. The third-order valence-corrected chi connectivity index (χ3v) is 3.36. The van der Waals surface area contributed by atoms with Crippen LogP contribution in [0.4, 0.5) is 10.5 Å². The van der Waals surface area contributed by atoms with Gasteiger partial charge < -0.3 is 20.4 Å². The third-order valence-electron chi connectivity index (χ3n) is 3.36. The predicted octanol–water partition coefficient (Wildman–Crippen LogP) is 2.45. The number of nitrogens with zero attached hydrogens (tertiary/aromatic N) is 2. The lowest BCUT2D eigenvalue weighted by Crippen LogP contribution is -2.48. The van der Waals surface area contributed by atoms with Gasteiger partial charge in [0.2, 0.25) is 0 Å². The summed E-state index contributed by atoms with van der Waals surface area (Å²) in [6.45, 7) is 6.47. The summed E-state index contributed by atoms with van der Waals surface area (Å²) in [5, 5.41) is 5.87. The smallest absolute Gasteiger partial charge is 0.315 e. The predicted molar refractivity (Wildman–Crippen MR) is 93.5 cm³/mol. The Labute approximate surface area is 134 Å². The molecule has 2 amide bonds. The summed E-state index contributed by atoms with van der Waals surface area (Å²) >= 11 is 0. The number of urea groups is 1. The van der Waals surface area contributed by atoms with E-state index >= 15 is 0 Å². The molecule has 124 valence electrons. The van der Waals surface area contributed by atoms with E-state index in [1.165, 1.54) is 11.3 Å². The fourth-order valence-electron chi connectivity index (χ4n) is 2.17. The first-order valence-electron chi connectivity index (χ1n) is 7.60. The number of nitrogens with one attached hydrogen (secondary N) is 2. The topological polar surface area (TPSA) is 47.6 Å². The quantitative estimate of drug-likeness (QED) is 0.878. The second-order valence-electron chi connectivity index (χ2n) is 7.05. The molecular weight excluding hydrogens is 276 g/mol. The number of benzene rings is 1. The molecular formula is C17H30N4O. The molecule has 2 N–H and O–H groups in total. The van der Waals surface area contributed by atoms with Gasteiger partial charge in [0.05, 0.1) is 6.04 Å². The molecule has 1 aromatic rings. The lowest BCUT2D eigenvalue weighted by atomic mass is 10.1. The van der Waals surface area contributed by atoms with E-state index in [-0.39, 0.29) is 17.6 Å². The van der Waals surface area contributed by atoms with Crippen LogP contribution in [0.3, 0.4) is 0 Å². The summed E-state index contributed by atoms with van der Waals surface area (Å²) in [5.74, 6) is 0. The van der Waals surface area contributed by atoms with E-state index < -0.39 is 0 Å². The maximum Gasteiger partial charge on any atom is 0.315 e. The second kappa shape index (κ2) is 7.49. The van der Waals surface area contributed by atoms with Gasteiger partial charge in [-0.15, -0.1) is 0 Å². The first kappa shape index (κ1) is 18.3. The third kappa shape index (κ3) is 5.93. The van der Waals surface area contributed by atoms with E-state index in [9.17, 15) is 4.79 Å². The largest absolute Gasteiger partial charge is 0.378 e. The van der Waals surface area contributed by atoms with Crippen LogP contribution in [0.25, 0.3) is 0 Å². The number of rotatable bonds is 5. The molecule has 0 aliphatic carbocycles. The SMILES string of the molecule is CN(C)c1ccc(C(CNC(=O)NC(C)(C)C)N(C)C)cc1. The monoisotopic (exact) mass is 306 g/mol. The van der Waals surface area contributed by atoms with Gasteiger partial charge in [-0.2, -0.15) is 0 Å². The number of carbonyl (C=O) groups excluding carboxylic acids is 1. The van der Waals surface area contributed by atoms with E-state index in [2.05, 4.69) is 44.7 Å². The van der Waals surface area contributed by atoms with Gasteiger partial charge in [-0.3, -0.25) is 0 Å². The van der Waals surface area contributed by atoms with Gasteiger partial charge in [-0.05, 0) is 52.6 Å². The van der Waals surface area contributed by atoms with E-state index in [1.807, 2.05) is 49.0 Å². The van der Waals surface area contributed by atoms with E-state index in [0.717, 1.165) is 0 Å². The van der Waals surface area contributed by atoms with Crippen LogP contribution in [0.1, 0.15) is 32.4 Å². The highest BCUT2D eigenvalue weighted by Gasteiger charge is 2.18. The van der Waals surface area contributed by atoms with Gasteiger partial charge in [-0.1, -0.05) is 12.1 Å². The fraction of sp³-hybridized carbons (Fsp3) is 0.588. The average molecular weight is 306 g/mol. The lowest BCUT2D eigenvalue weighted by molar-refractivity contribution is 0.224. The highest BCUT2D eigenvalue weighted by atomic mass is 16.2. The molecule has 0 radical (unpaired) electrons. The van der Waals surface area contributed by atoms with Crippen molar-refractivity contribution in [2.75, 3.05) is 39.6 Å². The Bertz CT molecular complexity index is 474. The molecule has 0 saturated carbocycles. The van der Waals surface area contributed by atoms with Crippen LogP contribution in [0.15, 0.2) is 24.3 Å². The maximum atomic E-state index is 11.9. The Balaban J connectivity index is 2.72. The molecule has 5 nitrogen and oxygen atoms in total. The summed E-state index contributed by atoms with van der Waals surface area (Å²) in [7, 11) is 8.09. The molecule has 0 saturated heterocycles. The normalized spacial score (nSPS) is 12.9. The molecule has 0 fully saturated rings. The standard InChI is InChI=1S/C17H30N4O/c1-17(2,3)19-16(22)18-12-15(21(6)7)13-8-10-14(11-9-13)20(4)5/h8-11,15H,12H2,1-7H3,(H2,18,19,22). The van der Waals surface area contributed by atoms with Crippen molar-refractivity contribution in [1.29, 1.82) is 0 Å². The molecule has 1 aromatic carbocycles. The van der Waals surface area contributed by atoms with Crippen molar-refractivity contribution in [3.8, 4) is 0 Å². The molecule has 1 atom stereocenters.